The van der Waals surface area contributed by atoms with E-state index in [1.165, 1.54) is 12.4 Å². The lowest BCUT2D eigenvalue weighted by Crippen LogP contribution is -2.05. The summed E-state index contributed by atoms with van der Waals surface area (Å²) in [5.41, 5.74) is 1.65. The van der Waals surface area contributed by atoms with Crippen LogP contribution in [-0.4, -0.2) is 20.7 Å². The van der Waals surface area contributed by atoms with Crippen LogP contribution in [0.15, 0.2) is 36.9 Å². The summed E-state index contributed by atoms with van der Waals surface area (Å²) < 4.78 is 0. The molecule has 0 spiro atoms. The number of nitrogens with zero attached hydrogens (tertiary/aromatic N) is 3. The largest absolute Gasteiger partial charge is 0.287 e. The molecule has 0 fully saturated rings. The zero-order chi connectivity index (χ0) is 10.7. The van der Waals surface area contributed by atoms with Crippen LogP contribution in [0.1, 0.15) is 21.7 Å². The zero-order valence-corrected chi connectivity index (χ0v) is 8.21. The topological polar surface area (TPSA) is 55.7 Å². The van der Waals surface area contributed by atoms with Crippen LogP contribution in [0.3, 0.4) is 0 Å². The molecule has 0 aliphatic carbocycles. The summed E-state index contributed by atoms with van der Waals surface area (Å²) >= 11 is 0. The molecule has 0 bridgehead atoms. The number of ketones is 1. The first-order chi connectivity index (χ1) is 7.27. The first kappa shape index (κ1) is 9.45. The van der Waals surface area contributed by atoms with Gasteiger partial charge in [0.25, 0.3) is 0 Å². The maximum atomic E-state index is 11.8. The average Bonchev–Trinajstić information content (AvgIpc) is 2.30. The predicted octanol–water partition coefficient (Wildman–Crippen LogP) is 1.41. The van der Waals surface area contributed by atoms with Gasteiger partial charge in [0.15, 0.2) is 0 Å². The molecule has 2 heterocycles. The second-order valence-corrected chi connectivity index (χ2v) is 3.11. The Balaban J connectivity index is 2.33. The van der Waals surface area contributed by atoms with Gasteiger partial charge in [-0.25, -0.2) is 4.98 Å². The van der Waals surface area contributed by atoms with Gasteiger partial charge in [0.05, 0.1) is 11.9 Å². The van der Waals surface area contributed by atoms with Crippen molar-refractivity contribution >= 4 is 5.78 Å². The molecule has 4 heteroatoms. The van der Waals surface area contributed by atoms with E-state index in [0.29, 0.717) is 11.3 Å². The van der Waals surface area contributed by atoms with Gasteiger partial charge in [-0.05, 0) is 19.1 Å². The van der Waals surface area contributed by atoms with E-state index in [4.69, 9.17) is 0 Å². The van der Waals surface area contributed by atoms with Crippen LogP contribution in [0, 0.1) is 6.92 Å². The van der Waals surface area contributed by atoms with Gasteiger partial charge in [-0.2, -0.15) is 0 Å². The van der Waals surface area contributed by atoms with Gasteiger partial charge in [0.2, 0.25) is 5.78 Å². The smallest absolute Gasteiger partial charge is 0.214 e. The van der Waals surface area contributed by atoms with Crippen LogP contribution in [-0.2, 0) is 0 Å². The van der Waals surface area contributed by atoms with Gasteiger partial charge in [-0.15, -0.1) is 0 Å². The van der Waals surface area contributed by atoms with Gasteiger partial charge in [-0.1, -0.05) is 0 Å². The first-order valence-corrected chi connectivity index (χ1v) is 4.51. The van der Waals surface area contributed by atoms with E-state index in [-0.39, 0.29) is 5.78 Å². The molecule has 15 heavy (non-hydrogen) atoms. The van der Waals surface area contributed by atoms with Crippen molar-refractivity contribution in [3.8, 4) is 0 Å². The molecule has 0 unspecified atom stereocenters. The third-order valence-corrected chi connectivity index (χ3v) is 1.94. The van der Waals surface area contributed by atoms with Gasteiger partial charge in [0, 0.05) is 24.2 Å². The van der Waals surface area contributed by atoms with E-state index in [1.807, 2.05) is 6.92 Å². The van der Waals surface area contributed by atoms with Crippen LogP contribution >= 0.6 is 0 Å². The summed E-state index contributed by atoms with van der Waals surface area (Å²) in [6, 6.07) is 3.42. The second kappa shape index (κ2) is 3.96. The van der Waals surface area contributed by atoms with Gasteiger partial charge in [0.1, 0.15) is 5.69 Å². The van der Waals surface area contributed by atoms with Crippen molar-refractivity contribution in [2.45, 2.75) is 6.92 Å². The molecule has 74 valence electrons. The van der Waals surface area contributed by atoms with E-state index in [9.17, 15) is 4.79 Å². The van der Waals surface area contributed by atoms with Crippen molar-refractivity contribution in [3.05, 3.63) is 53.9 Å². The molecular formula is C11H9N3O. The molecule has 0 saturated carbocycles. The highest BCUT2D eigenvalue weighted by Crippen LogP contribution is 2.04. The normalized spacial score (nSPS) is 9.93. The number of aryl methyl sites for hydroxylation is 1. The Bertz CT molecular complexity index is 465. The molecular weight excluding hydrogens is 190 g/mol. The zero-order valence-electron chi connectivity index (χ0n) is 8.21. The molecule has 0 atom stereocenters. The maximum absolute atomic E-state index is 11.8. The molecule has 0 amide bonds. The summed E-state index contributed by atoms with van der Waals surface area (Å²) in [6.45, 7) is 1.82. The SMILES string of the molecule is Cc1cnc(C(=O)c2cccnc2)cn1. The summed E-state index contributed by atoms with van der Waals surface area (Å²) in [4.78, 5) is 23.7. The number of rotatable bonds is 2. The van der Waals surface area contributed by atoms with Crippen molar-refractivity contribution in [3.63, 3.8) is 0 Å². The Labute approximate surface area is 87.0 Å². The number of hydrogen-bond donors (Lipinski definition) is 0. The third kappa shape index (κ3) is 2.04. The Hall–Kier alpha value is -2.10. The quantitative estimate of drug-likeness (QED) is 0.686. The average molecular weight is 199 g/mol. The predicted molar refractivity (Wildman–Crippen MR) is 54.4 cm³/mol. The number of hydrogen-bond acceptors (Lipinski definition) is 4. The summed E-state index contributed by atoms with van der Waals surface area (Å²) in [5, 5.41) is 0. The van der Waals surface area contributed by atoms with Crippen molar-refractivity contribution < 1.29 is 4.79 Å². The second-order valence-electron chi connectivity index (χ2n) is 3.11. The highest BCUT2D eigenvalue weighted by atomic mass is 16.1. The lowest BCUT2D eigenvalue weighted by Gasteiger charge is -1.98. The Kier molecular flexibility index (Phi) is 2.49. The van der Waals surface area contributed by atoms with Crippen LogP contribution in [0.4, 0.5) is 0 Å². The molecule has 0 aliphatic rings. The Morgan fingerprint density at radius 1 is 1.20 bits per heavy atom. The number of carbonyl (C=O) groups is 1. The molecule has 0 radical (unpaired) electrons. The highest BCUT2D eigenvalue weighted by Gasteiger charge is 2.09. The van der Waals surface area contributed by atoms with E-state index < -0.39 is 0 Å². The van der Waals surface area contributed by atoms with E-state index in [0.717, 1.165) is 5.69 Å². The molecule has 2 aromatic rings. The molecule has 0 aliphatic heterocycles. The third-order valence-electron chi connectivity index (χ3n) is 1.94. The lowest BCUT2D eigenvalue weighted by atomic mass is 10.1. The molecule has 4 nitrogen and oxygen atoms in total. The minimum absolute atomic E-state index is 0.157. The van der Waals surface area contributed by atoms with Crippen LogP contribution < -0.4 is 0 Å². The van der Waals surface area contributed by atoms with Crippen molar-refractivity contribution in [1.82, 2.24) is 15.0 Å². The highest BCUT2D eigenvalue weighted by molar-refractivity contribution is 6.07. The van der Waals surface area contributed by atoms with Crippen LogP contribution in [0.2, 0.25) is 0 Å². The summed E-state index contributed by atoms with van der Waals surface area (Å²) in [6.07, 6.45) is 6.19. The first-order valence-electron chi connectivity index (χ1n) is 4.51. The maximum Gasteiger partial charge on any atom is 0.214 e. The fourth-order valence-electron chi connectivity index (χ4n) is 1.15. The number of carbonyl (C=O) groups excluding carboxylic acids is 1. The standard InChI is InChI=1S/C11H9N3O/c1-8-5-14-10(7-13-8)11(15)9-3-2-4-12-6-9/h2-7H,1H3. The Morgan fingerprint density at radius 3 is 2.67 bits per heavy atom. The van der Waals surface area contributed by atoms with Gasteiger partial charge in [-0.3, -0.25) is 14.8 Å². The minimum atomic E-state index is -0.157. The summed E-state index contributed by atoms with van der Waals surface area (Å²) in [7, 11) is 0. The monoisotopic (exact) mass is 199 g/mol. The van der Waals surface area contributed by atoms with Gasteiger partial charge >= 0.3 is 0 Å². The molecule has 2 aromatic heterocycles. The molecule has 0 aromatic carbocycles. The van der Waals surface area contributed by atoms with E-state index in [2.05, 4.69) is 15.0 Å². The van der Waals surface area contributed by atoms with Gasteiger partial charge < -0.3 is 0 Å². The van der Waals surface area contributed by atoms with E-state index in [1.54, 1.807) is 24.5 Å². The summed E-state index contributed by atoms with van der Waals surface area (Å²) in [5.74, 6) is -0.157. The molecule has 0 saturated heterocycles. The van der Waals surface area contributed by atoms with Crippen molar-refractivity contribution in [2.24, 2.45) is 0 Å². The lowest BCUT2D eigenvalue weighted by molar-refractivity contribution is 0.103. The fourth-order valence-corrected chi connectivity index (χ4v) is 1.15. The fraction of sp³-hybridized carbons (Fsp3) is 0.0909. The van der Waals surface area contributed by atoms with Crippen molar-refractivity contribution in [2.75, 3.05) is 0 Å². The van der Waals surface area contributed by atoms with Crippen LogP contribution in [0.5, 0.6) is 0 Å². The molecule has 0 N–H and O–H groups in total. The number of aromatic nitrogens is 3. The van der Waals surface area contributed by atoms with Crippen LogP contribution in [0.25, 0.3) is 0 Å². The minimum Gasteiger partial charge on any atom is -0.287 e. The number of pyridine rings is 1. The van der Waals surface area contributed by atoms with Crippen molar-refractivity contribution in [1.29, 1.82) is 0 Å². The molecule has 2 rings (SSSR count). The van der Waals surface area contributed by atoms with E-state index >= 15 is 0 Å². The Morgan fingerprint density at radius 2 is 2.07 bits per heavy atom.